The Morgan fingerprint density at radius 1 is 0.500 bits per heavy atom. The van der Waals surface area contributed by atoms with Crippen molar-refractivity contribution in [1.29, 1.82) is 0 Å². The molecule has 0 unspecified atom stereocenters. The minimum atomic E-state index is 0.231. The molecule has 0 amide bonds. The quantitative estimate of drug-likeness (QED) is 0.160. The molecule has 0 atom stereocenters. The number of benzene rings is 2. The highest BCUT2D eigenvalue weighted by Crippen LogP contribution is 2.25. The number of rotatable bonds is 14. The maximum atomic E-state index is 3.51. The fourth-order valence-electron chi connectivity index (χ4n) is 3.30. The lowest BCUT2D eigenvalue weighted by Crippen LogP contribution is -2.08. The van der Waals surface area contributed by atoms with E-state index in [0.29, 0.717) is 0 Å². The third kappa shape index (κ3) is 8.77. The van der Waals surface area contributed by atoms with Crippen LogP contribution in [0.15, 0.2) is 70.5 Å². The highest BCUT2D eigenvalue weighted by atomic mass is 79.9. The molecule has 26 heavy (non-hydrogen) atoms. The number of alkyl halides is 1. The molecular weight excluding hydrogens is 400 g/mol. The molecule has 0 bridgehead atoms. The molecule has 0 aliphatic heterocycles. The van der Waals surface area contributed by atoms with Crippen LogP contribution in [0.25, 0.3) is 0 Å². The summed E-state index contributed by atoms with van der Waals surface area (Å²) in [6.45, 7) is 0. The normalized spacial score (nSPS) is 11.2. The zero-order chi connectivity index (χ0) is 18.3. The second kappa shape index (κ2) is 14.3. The van der Waals surface area contributed by atoms with E-state index < -0.39 is 0 Å². The number of unbranched alkanes of at least 4 members (excludes halogenated alkanes) is 9. The van der Waals surface area contributed by atoms with Crippen LogP contribution in [0.3, 0.4) is 0 Å². The Kier molecular flexibility index (Phi) is 11.9. The number of halogens is 1. The molecule has 142 valence electrons. The van der Waals surface area contributed by atoms with Gasteiger partial charge in [-0.25, -0.2) is 0 Å². The Morgan fingerprint density at radius 3 is 1.31 bits per heavy atom. The second-order valence-electron chi connectivity index (χ2n) is 6.95. The van der Waals surface area contributed by atoms with E-state index >= 15 is 0 Å². The molecule has 0 aliphatic carbocycles. The summed E-state index contributed by atoms with van der Waals surface area (Å²) in [4.78, 5) is 2.98. The molecule has 0 nitrogen and oxygen atoms in total. The van der Waals surface area contributed by atoms with Crippen LogP contribution in [0.4, 0.5) is 0 Å². The maximum Gasteiger partial charge on any atom is 0.160 e. The van der Waals surface area contributed by atoms with Crippen LogP contribution in [0.1, 0.15) is 64.2 Å². The van der Waals surface area contributed by atoms with Crippen LogP contribution in [0.5, 0.6) is 0 Å². The zero-order valence-corrected chi connectivity index (χ0v) is 18.4. The lowest BCUT2D eigenvalue weighted by molar-refractivity contribution is 0.564. The van der Waals surface area contributed by atoms with Crippen molar-refractivity contribution < 1.29 is 0 Å². The van der Waals surface area contributed by atoms with E-state index in [0.717, 1.165) is 0 Å². The van der Waals surface area contributed by atoms with Gasteiger partial charge in [0.15, 0.2) is 9.79 Å². The summed E-state index contributed by atoms with van der Waals surface area (Å²) in [7, 11) is 0.231. The minimum Gasteiger partial charge on any atom is -0.0928 e. The van der Waals surface area contributed by atoms with Gasteiger partial charge in [0.05, 0.1) is 10.9 Å². The molecule has 0 saturated heterocycles. The van der Waals surface area contributed by atoms with Gasteiger partial charge in [-0.15, -0.1) is 0 Å². The molecule has 0 radical (unpaired) electrons. The lowest BCUT2D eigenvalue weighted by Gasteiger charge is -2.08. The summed E-state index contributed by atoms with van der Waals surface area (Å²) in [6.07, 6.45) is 14.0. The van der Waals surface area contributed by atoms with E-state index in [1.807, 2.05) is 0 Å². The van der Waals surface area contributed by atoms with Crippen molar-refractivity contribution in [2.24, 2.45) is 0 Å². The molecule has 0 aromatic heterocycles. The van der Waals surface area contributed by atoms with Gasteiger partial charge in [-0.2, -0.15) is 0 Å². The van der Waals surface area contributed by atoms with Gasteiger partial charge in [-0.05, 0) is 43.5 Å². The zero-order valence-electron chi connectivity index (χ0n) is 16.0. The van der Waals surface area contributed by atoms with Crippen LogP contribution < -0.4 is 0 Å². The summed E-state index contributed by atoms with van der Waals surface area (Å²) in [6, 6.07) is 22.1. The van der Waals surface area contributed by atoms with Crippen molar-refractivity contribution in [2.45, 2.75) is 74.0 Å². The Morgan fingerprint density at radius 2 is 0.885 bits per heavy atom. The standard InChI is InChI=1S/C24H34BrS/c25-21-15-7-5-3-1-2-4-6-8-16-22-26(23-17-11-9-12-18-23)24-19-13-10-14-20-24/h9-14,17-20H,1-8,15-16,21-22H2/q+1. The first-order valence-electron chi connectivity index (χ1n) is 10.3. The first-order valence-corrected chi connectivity index (χ1v) is 12.8. The Bertz CT molecular complexity index is 515. The van der Waals surface area contributed by atoms with Gasteiger partial charge >= 0.3 is 0 Å². The average molecular weight is 435 g/mol. The van der Waals surface area contributed by atoms with Crippen molar-refractivity contribution in [1.82, 2.24) is 0 Å². The highest BCUT2D eigenvalue weighted by Gasteiger charge is 2.23. The lowest BCUT2D eigenvalue weighted by atomic mass is 10.1. The molecule has 0 heterocycles. The number of hydrogen-bond donors (Lipinski definition) is 0. The van der Waals surface area contributed by atoms with Crippen molar-refractivity contribution in [3.63, 3.8) is 0 Å². The molecule has 2 aromatic carbocycles. The van der Waals surface area contributed by atoms with Gasteiger partial charge in [0.1, 0.15) is 5.75 Å². The highest BCUT2D eigenvalue weighted by molar-refractivity contribution is 9.09. The first kappa shape index (κ1) is 21.6. The van der Waals surface area contributed by atoms with Crippen LogP contribution >= 0.6 is 15.9 Å². The molecule has 2 heteroatoms. The van der Waals surface area contributed by atoms with Gasteiger partial charge in [0, 0.05) is 5.33 Å². The van der Waals surface area contributed by atoms with Gasteiger partial charge in [0.2, 0.25) is 0 Å². The van der Waals surface area contributed by atoms with Crippen LogP contribution in [-0.2, 0) is 10.9 Å². The van der Waals surface area contributed by atoms with Crippen molar-refractivity contribution >= 4 is 26.8 Å². The van der Waals surface area contributed by atoms with E-state index in [1.165, 1.54) is 85.1 Å². The maximum absolute atomic E-state index is 3.51. The van der Waals surface area contributed by atoms with E-state index in [-0.39, 0.29) is 10.9 Å². The minimum absolute atomic E-state index is 0.231. The van der Waals surface area contributed by atoms with Gasteiger partial charge in [-0.3, -0.25) is 0 Å². The van der Waals surface area contributed by atoms with E-state index in [9.17, 15) is 0 Å². The predicted molar refractivity (Wildman–Crippen MR) is 122 cm³/mol. The summed E-state index contributed by atoms with van der Waals surface area (Å²) in [5, 5.41) is 1.17. The molecule has 0 saturated carbocycles. The van der Waals surface area contributed by atoms with Gasteiger partial charge in [0.25, 0.3) is 0 Å². The summed E-state index contributed by atoms with van der Waals surface area (Å²) in [5.74, 6) is 1.29. The van der Waals surface area contributed by atoms with E-state index in [2.05, 4.69) is 76.6 Å². The topological polar surface area (TPSA) is 0 Å². The largest absolute Gasteiger partial charge is 0.160 e. The molecule has 0 fully saturated rings. The van der Waals surface area contributed by atoms with Crippen LogP contribution in [0.2, 0.25) is 0 Å². The summed E-state index contributed by atoms with van der Waals surface area (Å²) >= 11 is 3.51. The van der Waals surface area contributed by atoms with E-state index in [1.54, 1.807) is 0 Å². The van der Waals surface area contributed by atoms with Crippen LogP contribution in [-0.4, -0.2) is 11.1 Å². The molecular formula is C24H34BrS+. The van der Waals surface area contributed by atoms with Crippen molar-refractivity contribution in [2.75, 3.05) is 11.1 Å². The first-order chi connectivity index (χ1) is 12.9. The second-order valence-corrected chi connectivity index (χ2v) is 9.87. The monoisotopic (exact) mass is 433 g/mol. The summed E-state index contributed by atoms with van der Waals surface area (Å²) < 4.78 is 0. The molecule has 0 N–H and O–H groups in total. The molecule has 2 aromatic rings. The van der Waals surface area contributed by atoms with E-state index in [4.69, 9.17) is 0 Å². The fraction of sp³-hybridized carbons (Fsp3) is 0.500. The fourth-order valence-corrected chi connectivity index (χ4v) is 5.90. The molecule has 0 spiro atoms. The summed E-state index contributed by atoms with van der Waals surface area (Å²) in [5.41, 5.74) is 0. The predicted octanol–water partition coefficient (Wildman–Crippen LogP) is 8.02. The van der Waals surface area contributed by atoms with Crippen molar-refractivity contribution in [3.05, 3.63) is 60.7 Å². The number of hydrogen-bond acceptors (Lipinski definition) is 0. The van der Waals surface area contributed by atoms with Gasteiger partial charge < -0.3 is 0 Å². The Labute approximate surface area is 172 Å². The van der Waals surface area contributed by atoms with Gasteiger partial charge in [-0.1, -0.05) is 97.3 Å². The SMILES string of the molecule is BrCCCCCCCCCCCC[S+](c1ccccc1)c1ccccc1. The molecule has 0 aliphatic rings. The smallest absolute Gasteiger partial charge is 0.0928 e. The van der Waals surface area contributed by atoms with Crippen LogP contribution in [0, 0.1) is 0 Å². The molecule has 2 rings (SSSR count). The third-order valence-corrected chi connectivity index (χ3v) is 7.73. The Balaban J connectivity index is 1.64. The van der Waals surface area contributed by atoms with Crippen molar-refractivity contribution in [3.8, 4) is 0 Å². The Hall–Kier alpha value is -0.730. The average Bonchev–Trinajstić information content (AvgIpc) is 2.70. The third-order valence-electron chi connectivity index (χ3n) is 4.79.